The SMILES string of the molecule is C[C@H](c1ccccc1)P(C(C)(C)C)C(C)(C)C. The average molecular weight is 250 g/mol. The first-order valence-electron chi connectivity index (χ1n) is 6.48. The van der Waals surface area contributed by atoms with E-state index in [0.717, 1.165) is 0 Å². The zero-order chi connectivity index (χ0) is 13.3. The molecule has 17 heavy (non-hydrogen) atoms. The molecule has 0 aliphatic rings. The van der Waals surface area contributed by atoms with Crippen molar-refractivity contribution in [1.29, 1.82) is 0 Å². The van der Waals surface area contributed by atoms with Gasteiger partial charge in [0, 0.05) is 5.66 Å². The van der Waals surface area contributed by atoms with Crippen molar-refractivity contribution in [2.75, 3.05) is 0 Å². The van der Waals surface area contributed by atoms with E-state index in [1.807, 2.05) is 0 Å². The Hall–Kier alpha value is -0.350. The van der Waals surface area contributed by atoms with Gasteiger partial charge in [0.05, 0.1) is 0 Å². The van der Waals surface area contributed by atoms with Gasteiger partial charge in [0.2, 0.25) is 0 Å². The molecule has 1 atom stereocenters. The van der Waals surface area contributed by atoms with E-state index < -0.39 is 0 Å². The van der Waals surface area contributed by atoms with Crippen molar-refractivity contribution in [3.8, 4) is 0 Å². The lowest BCUT2D eigenvalue weighted by Gasteiger charge is -2.45. The van der Waals surface area contributed by atoms with Crippen molar-refractivity contribution >= 4 is 7.92 Å². The summed E-state index contributed by atoms with van der Waals surface area (Å²) in [6, 6.07) is 11.0. The maximum Gasteiger partial charge on any atom is 0.00228 e. The lowest BCUT2D eigenvalue weighted by Crippen LogP contribution is -2.27. The fourth-order valence-electron chi connectivity index (χ4n) is 3.05. The Labute approximate surface area is 109 Å². The topological polar surface area (TPSA) is 0 Å². The van der Waals surface area contributed by atoms with E-state index >= 15 is 0 Å². The van der Waals surface area contributed by atoms with Gasteiger partial charge < -0.3 is 0 Å². The fraction of sp³-hybridized carbons (Fsp3) is 0.625. The molecule has 0 amide bonds. The molecule has 0 N–H and O–H groups in total. The number of benzene rings is 1. The normalized spacial score (nSPS) is 15.1. The van der Waals surface area contributed by atoms with Crippen LogP contribution in [0, 0.1) is 0 Å². The Morgan fingerprint density at radius 1 is 0.824 bits per heavy atom. The molecule has 0 saturated heterocycles. The lowest BCUT2D eigenvalue weighted by molar-refractivity contribution is 0.689. The van der Waals surface area contributed by atoms with E-state index in [9.17, 15) is 0 Å². The van der Waals surface area contributed by atoms with Gasteiger partial charge in [0.1, 0.15) is 0 Å². The van der Waals surface area contributed by atoms with Crippen molar-refractivity contribution in [3.05, 3.63) is 35.9 Å². The van der Waals surface area contributed by atoms with Crippen LogP contribution >= 0.6 is 7.92 Å². The summed E-state index contributed by atoms with van der Waals surface area (Å²) in [5, 5.41) is 0.783. The van der Waals surface area contributed by atoms with Crippen molar-refractivity contribution < 1.29 is 0 Å². The van der Waals surface area contributed by atoms with E-state index in [1.165, 1.54) is 5.56 Å². The molecule has 0 fully saturated rings. The highest BCUT2D eigenvalue weighted by Crippen LogP contribution is 2.67. The van der Waals surface area contributed by atoms with Crippen LogP contribution in [0.5, 0.6) is 0 Å². The molecule has 0 saturated carbocycles. The Morgan fingerprint density at radius 2 is 1.24 bits per heavy atom. The van der Waals surface area contributed by atoms with Crippen LogP contribution in [0.1, 0.15) is 59.7 Å². The fourth-order valence-corrected chi connectivity index (χ4v) is 7.86. The minimum absolute atomic E-state index is 0.0802. The van der Waals surface area contributed by atoms with Crippen LogP contribution in [0.15, 0.2) is 30.3 Å². The van der Waals surface area contributed by atoms with Crippen LogP contribution in [0.4, 0.5) is 0 Å². The maximum atomic E-state index is 2.40. The second-order valence-electron chi connectivity index (χ2n) is 6.80. The highest BCUT2D eigenvalue weighted by atomic mass is 31.1. The molecule has 1 heteroatoms. The molecular formula is C16H27P. The first-order chi connectivity index (χ1) is 7.64. The number of hydrogen-bond donors (Lipinski definition) is 0. The number of rotatable bonds is 2. The van der Waals surface area contributed by atoms with Crippen molar-refractivity contribution in [1.82, 2.24) is 0 Å². The molecule has 0 aliphatic carbocycles. The van der Waals surface area contributed by atoms with Crippen LogP contribution in [0.2, 0.25) is 0 Å². The van der Waals surface area contributed by atoms with Crippen LogP contribution in [0.25, 0.3) is 0 Å². The van der Waals surface area contributed by atoms with Gasteiger partial charge in [0.15, 0.2) is 0 Å². The zero-order valence-corrected chi connectivity index (χ0v) is 13.3. The maximum absolute atomic E-state index is 2.40. The summed E-state index contributed by atoms with van der Waals surface area (Å²) in [5.41, 5.74) is 2.15. The summed E-state index contributed by atoms with van der Waals surface area (Å²) in [4.78, 5) is 0. The van der Waals surface area contributed by atoms with Gasteiger partial charge in [-0.3, -0.25) is 0 Å². The van der Waals surface area contributed by atoms with E-state index in [2.05, 4.69) is 78.8 Å². The number of hydrogen-bond acceptors (Lipinski definition) is 0. The molecule has 0 heterocycles. The third kappa shape index (κ3) is 3.81. The summed E-state index contributed by atoms with van der Waals surface area (Å²) in [7, 11) is -0.0802. The van der Waals surface area contributed by atoms with Crippen LogP contribution in [-0.2, 0) is 0 Å². The third-order valence-corrected chi connectivity index (χ3v) is 7.08. The summed E-state index contributed by atoms with van der Waals surface area (Å²) in [6.07, 6.45) is 0. The molecule has 0 aliphatic heterocycles. The lowest BCUT2D eigenvalue weighted by atomic mass is 10.2. The molecule has 0 bridgehead atoms. The first-order valence-corrected chi connectivity index (χ1v) is 7.89. The highest BCUT2D eigenvalue weighted by molar-refractivity contribution is 7.61. The van der Waals surface area contributed by atoms with E-state index in [-0.39, 0.29) is 7.92 Å². The Kier molecular flexibility index (Phi) is 4.42. The standard InChI is InChI=1S/C16H27P/c1-13(14-11-9-8-10-12-14)17(15(2,3)4)16(5,6)7/h8-13H,1-7H3/t13-/m1/s1. The van der Waals surface area contributed by atoms with Crippen LogP contribution < -0.4 is 0 Å². The molecule has 0 nitrogen and oxygen atoms in total. The first kappa shape index (κ1) is 14.7. The Bertz CT molecular complexity index is 326. The van der Waals surface area contributed by atoms with Crippen molar-refractivity contribution in [3.63, 3.8) is 0 Å². The average Bonchev–Trinajstić information content (AvgIpc) is 2.14. The van der Waals surface area contributed by atoms with Gasteiger partial charge >= 0.3 is 0 Å². The quantitative estimate of drug-likeness (QED) is 0.579. The monoisotopic (exact) mass is 250 g/mol. The summed E-state index contributed by atoms with van der Waals surface area (Å²) in [5.74, 6) is 0. The molecule has 0 radical (unpaired) electrons. The third-order valence-electron chi connectivity index (χ3n) is 3.11. The van der Waals surface area contributed by atoms with Gasteiger partial charge in [-0.2, -0.15) is 0 Å². The predicted octanol–water partition coefficient (Wildman–Crippen LogP) is 5.83. The zero-order valence-electron chi connectivity index (χ0n) is 12.4. The summed E-state index contributed by atoms with van der Waals surface area (Å²) < 4.78 is 0. The van der Waals surface area contributed by atoms with Gasteiger partial charge in [-0.15, -0.1) is 0 Å². The van der Waals surface area contributed by atoms with Gasteiger partial charge in [-0.05, 0) is 15.9 Å². The van der Waals surface area contributed by atoms with Crippen molar-refractivity contribution in [2.45, 2.75) is 64.4 Å². The highest BCUT2D eigenvalue weighted by Gasteiger charge is 2.38. The smallest absolute Gasteiger partial charge is 0.00228 e. The van der Waals surface area contributed by atoms with Gasteiger partial charge in [-0.25, -0.2) is 0 Å². The van der Waals surface area contributed by atoms with Crippen molar-refractivity contribution in [2.24, 2.45) is 0 Å². The predicted molar refractivity (Wildman–Crippen MR) is 81.3 cm³/mol. The van der Waals surface area contributed by atoms with Gasteiger partial charge in [0.25, 0.3) is 0 Å². The van der Waals surface area contributed by atoms with E-state index in [0.29, 0.717) is 16.0 Å². The minimum Gasteiger partial charge on any atom is -0.0882 e. The van der Waals surface area contributed by atoms with E-state index in [4.69, 9.17) is 0 Å². The van der Waals surface area contributed by atoms with Crippen LogP contribution in [-0.4, -0.2) is 10.3 Å². The summed E-state index contributed by atoms with van der Waals surface area (Å²) in [6.45, 7) is 16.8. The molecular weight excluding hydrogens is 223 g/mol. The van der Waals surface area contributed by atoms with E-state index in [1.54, 1.807) is 0 Å². The molecule has 0 unspecified atom stereocenters. The molecule has 0 aromatic heterocycles. The Morgan fingerprint density at radius 3 is 1.59 bits per heavy atom. The second kappa shape index (κ2) is 5.11. The van der Waals surface area contributed by atoms with Crippen LogP contribution in [0.3, 0.4) is 0 Å². The molecule has 96 valence electrons. The molecule has 1 aromatic carbocycles. The Balaban J connectivity index is 3.09. The largest absolute Gasteiger partial charge is 0.0882 e. The molecule has 0 spiro atoms. The summed E-state index contributed by atoms with van der Waals surface area (Å²) >= 11 is 0. The molecule has 1 rings (SSSR count). The second-order valence-corrected chi connectivity index (χ2v) is 11.0. The minimum atomic E-state index is -0.0802. The molecule has 1 aromatic rings. The van der Waals surface area contributed by atoms with Gasteiger partial charge in [-0.1, -0.05) is 86.7 Å².